The summed E-state index contributed by atoms with van der Waals surface area (Å²) in [6.07, 6.45) is 2.86. The van der Waals surface area contributed by atoms with Crippen molar-refractivity contribution in [3.05, 3.63) is 88.3 Å². The fourth-order valence-electron chi connectivity index (χ4n) is 4.88. The highest BCUT2D eigenvalue weighted by Crippen LogP contribution is 2.33. The van der Waals surface area contributed by atoms with Gasteiger partial charge < -0.3 is 14.2 Å². The molecule has 6 rings (SSSR count). The molecule has 0 N–H and O–H groups in total. The Bertz CT molecular complexity index is 1400. The summed E-state index contributed by atoms with van der Waals surface area (Å²) in [5.74, 6) is 1.18. The van der Waals surface area contributed by atoms with Gasteiger partial charge in [0, 0.05) is 24.8 Å². The minimum atomic E-state index is -0.276. The normalized spacial score (nSPS) is 16.8. The summed E-state index contributed by atoms with van der Waals surface area (Å²) < 4.78 is 19.3. The second kappa shape index (κ2) is 8.95. The van der Waals surface area contributed by atoms with E-state index in [1.807, 2.05) is 24.3 Å². The lowest BCUT2D eigenvalue weighted by Gasteiger charge is -2.22. The monoisotopic (exact) mass is 454 g/mol. The number of rotatable bonds is 6. The van der Waals surface area contributed by atoms with E-state index < -0.39 is 0 Å². The van der Waals surface area contributed by atoms with Crippen LogP contribution in [0.1, 0.15) is 24.0 Å². The van der Waals surface area contributed by atoms with E-state index in [4.69, 9.17) is 14.2 Å². The molecule has 3 heterocycles. The summed E-state index contributed by atoms with van der Waals surface area (Å²) in [6.45, 7) is 2.28. The van der Waals surface area contributed by atoms with Crippen LogP contribution in [0, 0.1) is 0 Å². The Morgan fingerprint density at radius 2 is 1.94 bits per heavy atom. The van der Waals surface area contributed by atoms with Crippen molar-refractivity contribution < 1.29 is 14.2 Å². The Balaban J connectivity index is 1.23. The Kier molecular flexibility index (Phi) is 5.51. The van der Waals surface area contributed by atoms with Gasteiger partial charge in [0.15, 0.2) is 0 Å². The maximum absolute atomic E-state index is 12.6. The average molecular weight is 455 g/mol. The zero-order chi connectivity index (χ0) is 22.9. The van der Waals surface area contributed by atoms with Crippen molar-refractivity contribution in [1.82, 2.24) is 9.55 Å². The van der Waals surface area contributed by atoms with Crippen LogP contribution in [0.25, 0.3) is 22.0 Å². The highest BCUT2D eigenvalue weighted by molar-refractivity contribution is 5.85. The SMILES string of the molecule is O=c1nc(OCC2CCCO2)cc2n1CCc1cc(OCc3cccc4ccccc34)ccc1-2. The number of aromatic nitrogens is 2. The quantitative estimate of drug-likeness (QED) is 0.421. The molecule has 0 spiro atoms. The molecule has 34 heavy (non-hydrogen) atoms. The van der Waals surface area contributed by atoms with Gasteiger partial charge >= 0.3 is 5.69 Å². The molecule has 1 fully saturated rings. The van der Waals surface area contributed by atoms with Crippen LogP contribution in [0.5, 0.6) is 11.6 Å². The van der Waals surface area contributed by atoms with Crippen LogP contribution >= 0.6 is 0 Å². The van der Waals surface area contributed by atoms with Crippen molar-refractivity contribution in [2.75, 3.05) is 13.2 Å². The molecule has 0 amide bonds. The van der Waals surface area contributed by atoms with E-state index in [9.17, 15) is 4.79 Å². The Labute approximate surface area is 197 Å². The number of hydrogen-bond donors (Lipinski definition) is 0. The fourth-order valence-corrected chi connectivity index (χ4v) is 4.88. The molecule has 2 aliphatic heterocycles. The van der Waals surface area contributed by atoms with Crippen LogP contribution < -0.4 is 15.2 Å². The molecule has 1 unspecified atom stereocenters. The predicted molar refractivity (Wildman–Crippen MR) is 130 cm³/mol. The minimum absolute atomic E-state index is 0.0781. The summed E-state index contributed by atoms with van der Waals surface area (Å²) >= 11 is 0. The van der Waals surface area contributed by atoms with E-state index in [2.05, 4.69) is 47.4 Å². The lowest BCUT2D eigenvalue weighted by Crippen LogP contribution is -2.29. The summed E-state index contributed by atoms with van der Waals surface area (Å²) in [5.41, 5.74) is 3.90. The van der Waals surface area contributed by atoms with Gasteiger partial charge in [-0.05, 0) is 59.4 Å². The molecule has 0 radical (unpaired) electrons. The second-order valence-electron chi connectivity index (χ2n) is 8.86. The number of fused-ring (bicyclic) bond motifs is 4. The highest BCUT2D eigenvalue weighted by Gasteiger charge is 2.21. The zero-order valence-corrected chi connectivity index (χ0v) is 18.9. The fraction of sp³-hybridized carbons (Fsp3) is 0.286. The molecule has 172 valence electrons. The molecule has 1 aromatic heterocycles. The largest absolute Gasteiger partial charge is 0.489 e. The van der Waals surface area contributed by atoms with Gasteiger partial charge in [-0.2, -0.15) is 4.98 Å². The summed E-state index contributed by atoms with van der Waals surface area (Å²) in [6, 6.07) is 22.6. The number of benzene rings is 3. The molecule has 1 atom stereocenters. The summed E-state index contributed by atoms with van der Waals surface area (Å²) in [7, 11) is 0. The van der Waals surface area contributed by atoms with Crippen molar-refractivity contribution in [2.45, 2.75) is 38.5 Å². The molecule has 3 aromatic carbocycles. The molecule has 6 heteroatoms. The van der Waals surface area contributed by atoms with Gasteiger partial charge in [0.1, 0.15) is 19.0 Å². The molecule has 4 aromatic rings. The molecule has 0 aliphatic carbocycles. The van der Waals surface area contributed by atoms with E-state index in [0.717, 1.165) is 54.0 Å². The first-order valence-electron chi connectivity index (χ1n) is 11.8. The maximum Gasteiger partial charge on any atom is 0.351 e. The van der Waals surface area contributed by atoms with E-state index in [1.54, 1.807) is 4.57 Å². The van der Waals surface area contributed by atoms with Gasteiger partial charge in [-0.1, -0.05) is 42.5 Å². The summed E-state index contributed by atoms with van der Waals surface area (Å²) in [5, 5.41) is 2.42. The first kappa shape index (κ1) is 20.9. The van der Waals surface area contributed by atoms with Gasteiger partial charge in [0.25, 0.3) is 0 Å². The lowest BCUT2D eigenvalue weighted by molar-refractivity contribution is 0.0661. The molecule has 2 aliphatic rings. The Morgan fingerprint density at radius 3 is 2.85 bits per heavy atom. The van der Waals surface area contributed by atoms with Crippen molar-refractivity contribution >= 4 is 10.8 Å². The number of nitrogens with zero attached hydrogens (tertiary/aromatic N) is 2. The summed E-state index contributed by atoms with van der Waals surface area (Å²) in [4.78, 5) is 16.8. The van der Waals surface area contributed by atoms with Crippen LogP contribution in [0.15, 0.2) is 71.5 Å². The van der Waals surface area contributed by atoms with Crippen molar-refractivity contribution in [1.29, 1.82) is 0 Å². The van der Waals surface area contributed by atoms with E-state index in [0.29, 0.717) is 25.6 Å². The molecule has 0 saturated carbocycles. The van der Waals surface area contributed by atoms with Gasteiger partial charge in [-0.25, -0.2) is 4.79 Å². The van der Waals surface area contributed by atoms with Crippen LogP contribution in [-0.4, -0.2) is 28.9 Å². The molecule has 6 nitrogen and oxygen atoms in total. The van der Waals surface area contributed by atoms with Crippen LogP contribution in [0.4, 0.5) is 0 Å². The molecular formula is C28H26N2O4. The van der Waals surface area contributed by atoms with Gasteiger partial charge in [0.05, 0.1) is 11.8 Å². The smallest absolute Gasteiger partial charge is 0.351 e. The van der Waals surface area contributed by atoms with Crippen LogP contribution in [0.3, 0.4) is 0 Å². The molecule has 0 bridgehead atoms. The first-order chi connectivity index (χ1) is 16.7. The minimum Gasteiger partial charge on any atom is -0.489 e. The van der Waals surface area contributed by atoms with Crippen LogP contribution in [-0.2, 0) is 24.3 Å². The van der Waals surface area contributed by atoms with E-state index >= 15 is 0 Å². The predicted octanol–water partition coefficient (Wildman–Crippen LogP) is 4.76. The van der Waals surface area contributed by atoms with E-state index in [1.165, 1.54) is 10.8 Å². The van der Waals surface area contributed by atoms with Crippen LogP contribution in [0.2, 0.25) is 0 Å². The Morgan fingerprint density at radius 1 is 1.03 bits per heavy atom. The van der Waals surface area contributed by atoms with Crippen molar-refractivity contribution in [2.24, 2.45) is 0 Å². The standard InChI is InChI=1S/C28H26N2O4/c31-28-29-27(34-18-23-8-4-14-32-23)16-26-25-11-10-22(15-20(25)12-13-30(26)28)33-17-21-7-3-6-19-5-1-2-9-24(19)21/h1-3,5-7,9-11,15-16,23H,4,8,12-14,17-18H2. The lowest BCUT2D eigenvalue weighted by atomic mass is 9.97. The molecule has 1 saturated heterocycles. The third-order valence-electron chi connectivity index (χ3n) is 6.66. The zero-order valence-electron chi connectivity index (χ0n) is 18.9. The van der Waals surface area contributed by atoms with Gasteiger partial charge in [0.2, 0.25) is 5.88 Å². The third kappa shape index (κ3) is 4.05. The number of hydrogen-bond acceptors (Lipinski definition) is 5. The Hall–Kier alpha value is -3.64. The number of ether oxygens (including phenoxy) is 3. The third-order valence-corrected chi connectivity index (χ3v) is 6.66. The molecular weight excluding hydrogens is 428 g/mol. The van der Waals surface area contributed by atoms with Gasteiger partial charge in [-0.3, -0.25) is 4.57 Å². The second-order valence-corrected chi connectivity index (χ2v) is 8.86. The maximum atomic E-state index is 12.6. The van der Waals surface area contributed by atoms with Crippen molar-refractivity contribution in [3.8, 4) is 22.9 Å². The number of aryl methyl sites for hydroxylation is 1. The average Bonchev–Trinajstić information content (AvgIpc) is 3.40. The van der Waals surface area contributed by atoms with Crippen molar-refractivity contribution in [3.63, 3.8) is 0 Å². The van der Waals surface area contributed by atoms with E-state index in [-0.39, 0.29) is 11.8 Å². The van der Waals surface area contributed by atoms with Gasteiger partial charge in [-0.15, -0.1) is 0 Å². The highest BCUT2D eigenvalue weighted by atomic mass is 16.5. The topological polar surface area (TPSA) is 62.6 Å². The first-order valence-corrected chi connectivity index (χ1v) is 11.8.